The topological polar surface area (TPSA) is 65.3 Å². The number of carbonyl (C=O) groups is 2. The highest BCUT2D eigenvalue weighted by molar-refractivity contribution is 6.26. The number of rotatable bonds is 2. The van der Waals surface area contributed by atoms with Crippen LogP contribution in [0.2, 0.25) is 0 Å². The van der Waals surface area contributed by atoms with Crippen LogP contribution in [0.15, 0.2) is 58.9 Å². The minimum absolute atomic E-state index is 0.292. The molecule has 0 N–H and O–H groups in total. The van der Waals surface area contributed by atoms with Gasteiger partial charge < -0.3 is 0 Å². The molecular formula is C18H16N4O2. The van der Waals surface area contributed by atoms with Crippen LogP contribution in [0.4, 0.5) is 11.4 Å². The monoisotopic (exact) mass is 320 g/mol. The van der Waals surface area contributed by atoms with Crippen molar-refractivity contribution in [2.75, 3.05) is 9.91 Å². The van der Waals surface area contributed by atoms with E-state index in [0.717, 1.165) is 16.8 Å². The highest BCUT2D eigenvalue weighted by Crippen LogP contribution is 2.35. The summed E-state index contributed by atoms with van der Waals surface area (Å²) in [7, 11) is 0. The Hall–Kier alpha value is -3.02. The Balaban J connectivity index is 1.71. The van der Waals surface area contributed by atoms with Crippen LogP contribution in [-0.4, -0.2) is 23.9 Å². The van der Waals surface area contributed by atoms with Crippen LogP contribution in [0.3, 0.4) is 0 Å². The SMILES string of the molecule is Cc1ccc(N2N=NC3C(=O)N(c4ccccc4)C(=O)C32)cc1C. The second kappa shape index (κ2) is 5.26. The molecule has 2 aliphatic heterocycles. The number of para-hydroxylation sites is 1. The van der Waals surface area contributed by atoms with E-state index in [1.54, 1.807) is 29.3 Å². The molecule has 2 atom stereocenters. The number of nitrogens with zero attached hydrogens (tertiary/aromatic N) is 4. The quantitative estimate of drug-likeness (QED) is 0.799. The first-order chi connectivity index (χ1) is 11.6. The zero-order valence-corrected chi connectivity index (χ0v) is 13.4. The summed E-state index contributed by atoms with van der Waals surface area (Å²) < 4.78 is 0. The van der Waals surface area contributed by atoms with Crippen LogP contribution in [0.25, 0.3) is 0 Å². The van der Waals surface area contributed by atoms with E-state index in [1.165, 1.54) is 4.90 Å². The number of carbonyl (C=O) groups excluding carboxylic acids is 2. The van der Waals surface area contributed by atoms with Crippen molar-refractivity contribution in [1.82, 2.24) is 0 Å². The molecule has 0 spiro atoms. The maximum atomic E-state index is 12.9. The first-order valence-electron chi connectivity index (χ1n) is 7.78. The molecule has 2 unspecified atom stereocenters. The predicted molar refractivity (Wildman–Crippen MR) is 89.8 cm³/mol. The number of fused-ring (bicyclic) bond motifs is 1. The maximum absolute atomic E-state index is 12.9. The van der Waals surface area contributed by atoms with E-state index in [2.05, 4.69) is 10.3 Å². The fourth-order valence-corrected chi connectivity index (χ4v) is 3.07. The molecule has 2 aromatic rings. The van der Waals surface area contributed by atoms with Crippen molar-refractivity contribution in [1.29, 1.82) is 0 Å². The van der Waals surface area contributed by atoms with Gasteiger partial charge in [-0.3, -0.25) is 9.59 Å². The van der Waals surface area contributed by atoms with E-state index in [0.29, 0.717) is 5.69 Å². The summed E-state index contributed by atoms with van der Waals surface area (Å²) in [5, 5.41) is 9.69. The van der Waals surface area contributed by atoms with Gasteiger partial charge in [0, 0.05) is 0 Å². The molecule has 0 bridgehead atoms. The first-order valence-corrected chi connectivity index (χ1v) is 7.78. The van der Waals surface area contributed by atoms with Gasteiger partial charge in [0.1, 0.15) is 0 Å². The molecule has 2 aliphatic rings. The molecular weight excluding hydrogens is 304 g/mol. The number of hydrogen-bond donors (Lipinski definition) is 0. The largest absolute Gasteiger partial charge is 0.271 e. The zero-order valence-electron chi connectivity index (χ0n) is 13.4. The summed E-state index contributed by atoms with van der Waals surface area (Å²) in [5.41, 5.74) is 3.59. The van der Waals surface area contributed by atoms with E-state index in [1.807, 2.05) is 38.1 Å². The molecule has 4 rings (SSSR count). The Bertz CT molecular complexity index is 863. The molecule has 1 saturated heterocycles. The molecule has 24 heavy (non-hydrogen) atoms. The number of hydrogen-bond acceptors (Lipinski definition) is 5. The summed E-state index contributed by atoms with van der Waals surface area (Å²) >= 11 is 0. The van der Waals surface area contributed by atoms with Crippen LogP contribution >= 0.6 is 0 Å². The van der Waals surface area contributed by atoms with Gasteiger partial charge in [0.25, 0.3) is 11.8 Å². The van der Waals surface area contributed by atoms with Crippen LogP contribution < -0.4 is 9.91 Å². The van der Waals surface area contributed by atoms with Crippen molar-refractivity contribution >= 4 is 23.2 Å². The lowest BCUT2D eigenvalue weighted by atomic mass is 10.1. The molecule has 2 amide bonds. The van der Waals surface area contributed by atoms with E-state index in [-0.39, 0.29) is 11.8 Å². The summed E-state index contributed by atoms with van der Waals surface area (Å²) in [4.78, 5) is 26.7. The molecule has 1 fully saturated rings. The third-order valence-electron chi connectivity index (χ3n) is 4.55. The Labute approximate surface area is 139 Å². The minimum Gasteiger partial charge on any atom is -0.271 e. The third-order valence-corrected chi connectivity index (χ3v) is 4.55. The van der Waals surface area contributed by atoms with Gasteiger partial charge >= 0.3 is 0 Å². The second-order valence-corrected chi connectivity index (χ2v) is 6.06. The summed E-state index contributed by atoms with van der Waals surface area (Å²) in [6.45, 7) is 4.02. The van der Waals surface area contributed by atoms with Crippen LogP contribution in [0.5, 0.6) is 0 Å². The van der Waals surface area contributed by atoms with Crippen molar-refractivity contribution in [3.8, 4) is 0 Å². The average Bonchev–Trinajstić information content (AvgIpc) is 3.12. The van der Waals surface area contributed by atoms with Gasteiger partial charge in [-0.15, -0.1) is 0 Å². The highest BCUT2D eigenvalue weighted by atomic mass is 16.2. The Morgan fingerprint density at radius 2 is 1.62 bits per heavy atom. The Morgan fingerprint density at radius 3 is 2.33 bits per heavy atom. The van der Waals surface area contributed by atoms with Crippen molar-refractivity contribution < 1.29 is 9.59 Å². The summed E-state index contributed by atoms with van der Waals surface area (Å²) in [5.74, 6) is -0.620. The number of aryl methyl sites for hydroxylation is 2. The fourth-order valence-electron chi connectivity index (χ4n) is 3.07. The summed E-state index contributed by atoms with van der Waals surface area (Å²) in [6, 6.07) is 13.3. The lowest BCUT2D eigenvalue weighted by Crippen LogP contribution is -2.39. The highest BCUT2D eigenvalue weighted by Gasteiger charge is 2.55. The first kappa shape index (κ1) is 14.6. The average molecular weight is 320 g/mol. The van der Waals surface area contributed by atoms with Crippen molar-refractivity contribution in [3.05, 3.63) is 59.7 Å². The van der Waals surface area contributed by atoms with Crippen molar-refractivity contribution in [3.63, 3.8) is 0 Å². The standard InChI is InChI=1S/C18H16N4O2/c1-11-8-9-14(10-12(11)2)22-16-15(19-20-22)17(23)21(18(16)24)13-6-4-3-5-7-13/h3-10,15-16H,1-2H3. The van der Waals surface area contributed by atoms with Crippen molar-refractivity contribution in [2.45, 2.75) is 25.9 Å². The molecule has 6 heteroatoms. The van der Waals surface area contributed by atoms with Crippen LogP contribution in [0.1, 0.15) is 11.1 Å². The van der Waals surface area contributed by atoms with Crippen LogP contribution in [0, 0.1) is 13.8 Å². The number of imide groups is 1. The smallest absolute Gasteiger partial charge is 0.263 e. The van der Waals surface area contributed by atoms with Gasteiger partial charge in [-0.2, -0.15) is 5.11 Å². The normalized spacial score (nSPS) is 22.4. The minimum atomic E-state index is -0.778. The summed E-state index contributed by atoms with van der Waals surface area (Å²) in [6.07, 6.45) is 0. The molecule has 0 radical (unpaired) electrons. The van der Waals surface area contributed by atoms with E-state index in [4.69, 9.17) is 0 Å². The Morgan fingerprint density at radius 1 is 0.875 bits per heavy atom. The molecule has 0 aromatic heterocycles. The number of benzene rings is 2. The van der Waals surface area contributed by atoms with Gasteiger partial charge in [-0.05, 0) is 49.2 Å². The van der Waals surface area contributed by atoms with E-state index >= 15 is 0 Å². The molecule has 0 saturated carbocycles. The van der Waals surface area contributed by atoms with E-state index < -0.39 is 12.1 Å². The Kier molecular flexibility index (Phi) is 3.19. The lowest BCUT2D eigenvalue weighted by Gasteiger charge is -2.21. The zero-order chi connectivity index (χ0) is 16.8. The predicted octanol–water partition coefficient (Wildman–Crippen LogP) is 2.80. The van der Waals surface area contributed by atoms with Gasteiger partial charge in [0.15, 0.2) is 12.1 Å². The van der Waals surface area contributed by atoms with Crippen molar-refractivity contribution in [2.24, 2.45) is 10.3 Å². The van der Waals surface area contributed by atoms with Gasteiger partial charge in [-0.1, -0.05) is 29.5 Å². The molecule has 2 aromatic carbocycles. The molecule has 120 valence electrons. The lowest BCUT2D eigenvalue weighted by molar-refractivity contribution is -0.121. The third kappa shape index (κ3) is 2.03. The second-order valence-electron chi connectivity index (χ2n) is 6.06. The molecule has 0 aliphatic carbocycles. The number of anilines is 2. The van der Waals surface area contributed by atoms with E-state index in [9.17, 15) is 9.59 Å². The molecule has 6 nitrogen and oxygen atoms in total. The van der Waals surface area contributed by atoms with Gasteiger partial charge in [0.2, 0.25) is 0 Å². The maximum Gasteiger partial charge on any atom is 0.263 e. The van der Waals surface area contributed by atoms with Crippen LogP contribution in [-0.2, 0) is 9.59 Å². The van der Waals surface area contributed by atoms with Gasteiger partial charge in [0.05, 0.1) is 11.4 Å². The number of amides is 2. The van der Waals surface area contributed by atoms with Gasteiger partial charge in [-0.25, -0.2) is 9.91 Å². The fraction of sp³-hybridized carbons (Fsp3) is 0.222. The molecule has 2 heterocycles.